The van der Waals surface area contributed by atoms with Crippen molar-refractivity contribution in [2.24, 2.45) is 0 Å². The fraction of sp³-hybridized carbons (Fsp3) is 0. The minimum atomic E-state index is 0.523. The van der Waals surface area contributed by atoms with Crippen LogP contribution in [0.25, 0.3) is 22.2 Å². The van der Waals surface area contributed by atoms with E-state index < -0.39 is 0 Å². The number of nitrogens with zero attached hydrogens (tertiary/aromatic N) is 1. The van der Waals surface area contributed by atoms with Gasteiger partial charge >= 0.3 is 0 Å². The maximum atomic E-state index is 8.01. The Morgan fingerprint density at radius 3 is 2.35 bits per heavy atom. The Kier molecular flexibility index (Phi) is 2.26. The van der Waals surface area contributed by atoms with Crippen LogP contribution in [0.3, 0.4) is 0 Å². The molecule has 0 bridgehead atoms. The lowest BCUT2D eigenvalue weighted by Crippen LogP contribution is -1.86. The Bertz CT molecular complexity index is 660. The molecular formula is C15H11N2. The minimum absolute atomic E-state index is 0.523. The molecular weight excluding hydrogens is 208 g/mol. The van der Waals surface area contributed by atoms with Gasteiger partial charge in [-0.25, -0.2) is 4.98 Å². The summed E-state index contributed by atoms with van der Waals surface area (Å²) in [6, 6.07) is 19.5. The van der Waals surface area contributed by atoms with Gasteiger partial charge in [0.05, 0.1) is 16.9 Å². The van der Waals surface area contributed by atoms with Crippen molar-refractivity contribution in [2.75, 3.05) is 0 Å². The molecule has 0 aliphatic heterocycles. The van der Waals surface area contributed by atoms with Crippen LogP contribution in [0, 0.1) is 0 Å². The van der Waals surface area contributed by atoms with Gasteiger partial charge in [0.15, 0.2) is 0 Å². The Morgan fingerprint density at radius 2 is 1.53 bits per heavy atom. The van der Waals surface area contributed by atoms with Gasteiger partial charge in [-0.2, -0.15) is 0 Å². The molecule has 1 radical (unpaired) electrons. The summed E-state index contributed by atoms with van der Waals surface area (Å²) in [7, 11) is 0. The van der Waals surface area contributed by atoms with E-state index in [1.807, 2.05) is 60.7 Å². The number of nitrogens with one attached hydrogen (secondary N) is 1. The first-order valence-electron chi connectivity index (χ1n) is 5.51. The molecule has 3 aromatic rings. The summed E-state index contributed by atoms with van der Waals surface area (Å²) in [6.45, 7) is 0. The molecule has 2 nitrogen and oxygen atoms in total. The van der Waals surface area contributed by atoms with Crippen LogP contribution in [-0.4, -0.2) is 4.98 Å². The molecule has 0 fully saturated rings. The fourth-order valence-corrected chi connectivity index (χ4v) is 1.93. The zero-order valence-electron chi connectivity index (χ0n) is 9.22. The molecule has 2 heteroatoms. The maximum Gasteiger partial charge on any atom is 0.0730 e. The van der Waals surface area contributed by atoms with Gasteiger partial charge in [-0.15, -0.1) is 0 Å². The average Bonchev–Trinajstić information content (AvgIpc) is 2.40. The Balaban J connectivity index is 2.26. The van der Waals surface area contributed by atoms with Crippen molar-refractivity contribution in [3.8, 4) is 11.3 Å². The zero-order chi connectivity index (χ0) is 11.7. The first-order valence-corrected chi connectivity index (χ1v) is 5.51. The van der Waals surface area contributed by atoms with Crippen LogP contribution in [0.2, 0.25) is 0 Å². The zero-order valence-corrected chi connectivity index (χ0v) is 9.22. The second kappa shape index (κ2) is 3.91. The largest absolute Gasteiger partial charge is 0.300 e. The van der Waals surface area contributed by atoms with Crippen LogP contribution in [-0.2, 0) is 0 Å². The molecule has 1 heterocycles. The van der Waals surface area contributed by atoms with Crippen LogP contribution < -0.4 is 5.73 Å². The van der Waals surface area contributed by atoms with E-state index >= 15 is 0 Å². The van der Waals surface area contributed by atoms with Gasteiger partial charge in [0.25, 0.3) is 0 Å². The van der Waals surface area contributed by atoms with E-state index in [-0.39, 0.29) is 0 Å². The van der Waals surface area contributed by atoms with Crippen LogP contribution in [0.1, 0.15) is 0 Å². The molecule has 0 aliphatic carbocycles. The molecule has 0 saturated carbocycles. The summed E-state index contributed by atoms with van der Waals surface area (Å²) in [4.78, 5) is 4.59. The van der Waals surface area contributed by atoms with E-state index in [4.69, 9.17) is 5.73 Å². The summed E-state index contributed by atoms with van der Waals surface area (Å²) in [5.41, 5.74) is 11.3. The summed E-state index contributed by atoms with van der Waals surface area (Å²) < 4.78 is 0. The van der Waals surface area contributed by atoms with Crippen molar-refractivity contribution in [3.63, 3.8) is 0 Å². The first kappa shape index (κ1) is 9.85. The third kappa shape index (κ3) is 1.74. The number of hydrogen-bond donors (Lipinski definition) is 0. The number of aromatic nitrogens is 1. The number of benzene rings is 2. The van der Waals surface area contributed by atoms with Crippen molar-refractivity contribution in [3.05, 3.63) is 60.7 Å². The Morgan fingerprint density at radius 1 is 0.824 bits per heavy atom. The molecule has 0 saturated heterocycles. The molecule has 0 amide bonds. The quantitative estimate of drug-likeness (QED) is 0.613. The lowest BCUT2D eigenvalue weighted by atomic mass is 10.1. The summed E-state index contributed by atoms with van der Waals surface area (Å²) >= 11 is 0. The number of rotatable bonds is 1. The van der Waals surface area contributed by atoms with Crippen LogP contribution in [0.5, 0.6) is 0 Å². The van der Waals surface area contributed by atoms with E-state index in [9.17, 15) is 0 Å². The molecule has 81 valence electrons. The number of para-hydroxylation sites is 1. The van der Waals surface area contributed by atoms with Crippen molar-refractivity contribution < 1.29 is 0 Å². The van der Waals surface area contributed by atoms with Gasteiger partial charge in [-0.05, 0) is 12.1 Å². The Hall–Kier alpha value is -2.35. The van der Waals surface area contributed by atoms with Gasteiger partial charge in [0.2, 0.25) is 0 Å². The van der Waals surface area contributed by atoms with Crippen LogP contribution in [0.4, 0.5) is 5.69 Å². The molecule has 2 aromatic carbocycles. The Labute approximate surface area is 99.7 Å². The molecule has 1 aromatic heterocycles. The lowest BCUT2D eigenvalue weighted by Gasteiger charge is -2.05. The van der Waals surface area contributed by atoms with E-state index in [2.05, 4.69) is 4.98 Å². The lowest BCUT2D eigenvalue weighted by molar-refractivity contribution is 1.37. The smallest absolute Gasteiger partial charge is 0.0730 e. The van der Waals surface area contributed by atoms with E-state index in [0.29, 0.717) is 5.69 Å². The van der Waals surface area contributed by atoms with E-state index in [1.165, 1.54) is 0 Å². The topological polar surface area (TPSA) is 36.7 Å². The van der Waals surface area contributed by atoms with Gasteiger partial charge in [0.1, 0.15) is 0 Å². The standard InChI is InChI=1S/C15H11N2/c16-13-10-15(11-6-2-1-3-7-11)17-14-9-5-4-8-12(13)14/h1-10,16H. The molecule has 1 N–H and O–H groups in total. The van der Waals surface area contributed by atoms with Crippen LogP contribution in [0.15, 0.2) is 60.7 Å². The summed E-state index contributed by atoms with van der Waals surface area (Å²) in [5, 5.41) is 0.896. The molecule has 17 heavy (non-hydrogen) atoms. The van der Waals surface area contributed by atoms with Gasteiger partial charge < -0.3 is 5.73 Å². The predicted molar refractivity (Wildman–Crippen MR) is 69.9 cm³/mol. The van der Waals surface area contributed by atoms with Crippen molar-refractivity contribution in [1.29, 1.82) is 0 Å². The SMILES string of the molecule is [NH]c1cc(-c2ccccc2)nc2ccccc12. The molecule has 3 rings (SSSR count). The second-order valence-corrected chi connectivity index (χ2v) is 3.94. The van der Waals surface area contributed by atoms with E-state index in [1.54, 1.807) is 0 Å². The molecule has 0 atom stereocenters. The van der Waals surface area contributed by atoms with Crippen molar-refractivity contribution in [2.45, 2.75) is 0 Å². The van der Waals surface area contributed by atoms with Gasteiger partial charge in [-0.3, -0.25) is 0 Å². The van der Waals surface area contributed by atoms with Crippen molar-refractivity contribution >= 4 is 16.6 Å². The third-order valence-electron chi connectivity index (χ3n) is 2.79. The van der Waals surface area contributed by atoms with E-state index in [0.717, 1.165) is 22.2 Å². The van der Waals surface area contributed by atoms with Crippen molar-refractivity contribution in [1.82, 2.24) is 10.7 Å². The first-order chi connectivity index (χ1) is 8.34. The van der Waals surface area contributed by atoms with Gasteiger partial charge in [-0.1, -0.05) is 48.5 Å². The maximum absolute atomic E-state index is 8.01. The third-order valence-corrected chi connectivity index (χ3v) is 2.79. The summed E-state index contributed by atoms with van der Waals surface area (Å²) in [5.74, 6) is 0. The minimum Gasteiger partial charge on any atom is -0.300 e. The highest BCUT2D eigenvalue weighted by Gasteiger charge is 2.04. The fourth-order valence-electron chi connectivity index (χ4n) is 1.93. The highest BCUT2D eigenvalue weighted by atomic mass is 14.7. The summed E-state index contributed by atoms with van der Waals surface area (Å²) in [6.07, 6.45) is 0. The highest BCUT2D eigenvalue weighted by molar-refractivity contribution is 5.91. The second-order valence-electron chi connectivity index (χ2n) is 3.94. The number of fused-ring (bicyclic) bond motifs is 1. The number of pyridine rings is 1. The van der Waals surface area contributed by atoms with Crippen LogP contribution >= 0.6 is 0 Å². The average molecular weight is 219 g/mol. The molecule has 0 aliphatic rings. The monoisotopic (exact) mass is 219 g/mol. The molecule has 0 unspecified atom stereocenters. The normalized spacial score (nSPS) is 10.6. The van der Waals surface area contributed by atoms with Gasteiger partial charge in [0, 0.05) is 10.9 Å². The molecule has 0 spiro atoms. The predicted octanol–water partition coefficient (Wildman–Crippen LogP) is 3.82. The number of hydrogen-bond acceptors (Lipinski definition) is 1. The highest BCUT2D eigenvalue weighted by Crippen LogP contribution is 2.26.